The summed E-state index contributed by atoms with van der Waals surface area (Å²) in [5.74, 6) is 1.03. The fraction of sp³-hybridized carbons (Fsp3) is 0.360. The van der Waals surface area contributed by atoms with Crippen molar-refractivity contribution >= 4 is 17.5 Å². The van der Waals surface area contributed by atoms with Crippen LogP contribution in [0.5, 0.6) is 6.01 Å². The number of aliphatic hydroxyl groups is 1. The van der Waals surface area contributed by atoms with Crippen LogP contribution in [-0.2, 0) is 11.3 Å². The summed E-state index contributed by atoms with van der Waals surface area (Å²) in [6, 6.07) is 14.2. The third-order valence-corrected chi connectivity index (χ3v) is 6.73. The number of carbonyl (C=O) groups excluding carboxylic acids is 1. The number of hydrogen-bond acceptors (Lipinski definition) is 6. The average molecular weight is 467 g/mol. The monoisotopic (exact) mass is 466 g/mol. The molecule has 1 aromatic heterocycles. The molecule has 4 rings (SSSR count). The smallest absolute Gasteiger partial charge is 0.318 e. The molecule has 0 saturated heterocycles. The predicted octanol–water partition coefficient (Wildman–Crippen LogP) is 4.37. The predicted molar refractivity (Wildman–Crippen MR) is 126 cm³/mol. The summed E-state index contributed by atoms with van der Waals surface area (Å²) in [6.45, 7) is 2.31. The van der Waals surface area contributed by atoms with Gasteiger partial charge in [-0.3, -0.25) is 4.79 Å². The number of nitrogens with one attached hydrogen (secondary N) is 1. The summed E-state index contributed by atoms with van der Waals surface area (Å²) in [4.78, 5) is 25.5. The van der Waals surface area contributed by atoms with Gasteiger partial charge in [0, 0.05) is 17.7 Å². The minimum absolute atomic E-state index is 0.127. The van der Waals surface area contributed by atoms with Gasteiger partial charge in [0.1, 0.15) is 0 Å². The SMILES string of the molecule is CC1CCC(CO)(C(=O)NCc2ccc(Cl)c(-c3nc(O)nc(-c4ccccc4)n3)c2)CC1. The van der Waals surface area contributed by atoms with Gasteiger partial charge in [0.25, 0.3) is 0 Å². The van der Waals surface area contributed by atoms with Gasteiger partial charge in [-0.15, -0.1) is 0 Å². The molecule has 33 heavy (non-hydrogen) atoms. The lowest BCUT2D eigenvalue weighted by Gasteiger charge is -2.36. The molecule has 1 saturated carbocycles. The molecule has 8 heteroatoms. The van der Waals surface area contributed by atoms with E-state index in [0.29, 0.717) is 35.2 Å². The Bertz CT molecular complexity index is 1130. The molecule has 1 aliphatic rings. The summed E-state index contributed by atoms with van der Waals surface area (Å²) < 4.78 is 0. The summed E-state index contributed by atoms with van der Waals surface area (Å²) in [5, 5.41) is 23.4. The van der Waals surface area contributed by atoms with Crippen molar-refractivity contribution in [3.8, 4) is 28.8 Å². The number of amides is 1. The highest BCUT2D eigenvalue weighted by atomic mass is 35.5. The standard InChI is InChI=1S/C25H27ClN4O3/c1-16-9-11-25(15-31,12-10-16)23(32)27-14-17-7-8-20(26)19(13-17)22-28-21(29-24(33)30-22)18-5-3-2-4-6-18/h2-8,13,16,31H,9-12,14-15H2,1H3,(H,27,32)(H,28,29,30,33). The molecular formula is C25H27ClN4O3. The number of aliphatic hydroxyl groups excluding tert-OH is 1. The maximum absolute atomic E-state index is 12.9. The summed E-state index contributed by atoms with van der Waals surface area (Å²) in [5.41, 5.74) is 1.36. The molecule has 0 spiro atoms. The van der Waals surface area contributed by atoms with Gasteiger partial charge >= 0.3 is 6.01 Å². The second-order valence-corrected chi connectivity index (χ2v) is 9.17. The molecule has 3 N–H and O–H groups in total. The first kappa shape index (κ1) is 23.1. The van der Waals surface area contributed by atoms with Crippen LogP contribution in [0.15, 0.2) is 48.5 Å². The molecule has 7 nitrogen and oxygen atoms in total. The molecule has 172 valence electrons. The molecule has 1 amide bonds. The molecular weight excluding hydrogens is 440 g/mol. The van der Waals surface area contributed by atoms with Crippen LogP contribution in [0.3, 0.4) is 0 Å². The zero-order valence-electron chi connectivity index (χ0n) is 18.5. The second kappa shape index (κ2) is 9.85. The summed E-state index contributed by atoms with van der Waals surface area (Å²) in [7, 11) is 0. The van der Waals surface area contributed by atoms with Crippen LogP contribution >= 0.6 is 11.6 Å². The zero-order valence-corrected chi connectivity index (χ0v) is 19.2. The molecule has 0 bridgehead atoms. The molecule has 0 atom stereocenters. The number of benzene rings is 2. The molecule has 0 unspecified atom stereocenters. The van der Waals surface area contributed by atoms with Crippen molar-refractivity contribution < 1.29 is 15.0 Å². The highest BCUT2D eigenvalue weighted by Gasteiger charge is 2.40. The molecule has 0 radical (unpaired) electrons. The Morgan fingerprint density at radius 2 is 1.79 bits per heavy atom. The van der Waals surface area contributed by atoms with Crippen LogP contribution in [0, 0.1) is 11.3 Å². The van der Waals surface area contributed by atoms with Gasteiger partial charge in [-0.2, -0.15) is 9.97 Å². The van der Waals surface area contributed by atoms with E-state index in [-0.39, 0.29) is 24.9 Å². The lowest BCUT2D eigenvalue weighted by molar-refractivity contribution is -0.136. The summed E-state index contributed by atoms with van der Waals surface area (Å²) in [6.07, 6.45) is 3.25. The highest BCUT2D eigenvalue weighted by Crippen LogP contribution is 2.39. The van der Waals surface area contributed by atoms with E-state index in [2.05, 4.69) is 27.2 Å². The number of halogens is 1. The van der Waals surface area contributed by atoms with Gasteiger partial charge in [0.05, 0.1) is 17.0 Å². The molecule has 1 heterocycles. The van der Waals surface area contributed by atoms with E-state index in [9.17, 15) is 15.0 Å². The Balaban J connectivity index is 1.55. The minimum atomic E-state index is -0.716. The lowest BCUT2D eigenvalue weighted by Crippen LogP contribution is -2.45. The number of nitrogens with zero attached hydrogens (tertiary/aromatic N) is 3. The molecule has 2 aromatic carbocycles. The van der Waals surface area contributed by atoms with Crippen molar-refractivity contribution in [2.24, 2.45) is 11.3 Å². The Morgan fingerprint density at radius 1 is 1.09 bits per heavy atom. The van der Waals surface area contributed by atoms with E-state index in [4.69, 9.17) is 11.6 Å². The van der Waals surface area contributed by atoms with E-state index in [1.54, 1.807) is 12.1 Å². The maximum atomic E-state index is 12.9. The quantitative estimate of drug-likeness (QED) is 0.497. The van der Waals surface area contributed by atoms with Crippen LogP contribution in [0.2, 0.25) is 5.02 Å². The van der Waals surface area contributed by atoms with Crippen LogP contribution in [0.25, 0.3) is 22.8 Å². The number of aromatic nitrogens is 3. The van der Waals surface area contributed by atoms with Crippen LogP contribution in [0.1, 0.15) is 38.2 Å². The minimum Gasteiger partial charge on any atom is -0.479 e. The first-order valence-electron chi connectivity index (χ1n) is 11.1. The fourth-order valence-corrected chi connectivity index (χ4v) is 4.40. The maximum Gasteiger partial charge on any atom is 0.318 e. The van der Waals surface area contributed by atoms with Crippen LogP contribution in [-0.4, -0.2) is 37.7 Å². The highest BCUT2D eigenvalue weighted by molar-refractivity contribution is 6.33. The zero-order chi connectivity index (χ0) is 23.4. The van der Waals surface area contributed by atoms with Gasteiger partial charge in [0.2, 0.25) is 5.91 Å². The van der Waals surface area contributed by atoms with E-state index in [0.717, 1.165) is 24.0 Å². The van der Waals surface area contributed by atoms with Gasteiger partial charge < -0.3 is 15.5 Å². The number of aromatic hydroxyl groups is 1. The topological polar surface area (TPSA) is 108 Å². The molecule has 1 aliphatic carbocycles. The Morgan fingerprint density at radius 3 is 2.48 bits per heavy atom. The van der Waals surface area contributed by atoms with Gasteiger partial charge in [-0.05, 0) is 49.3 Å². The number of carbonyl (C=O) groups is 1. The van der Waals surface area contributed by atoms with Crippen LogP contribution < -0.4 is 5.32 Å². The fourth-order valence-electron chi connectivity index (χ4n) is 4.20. The van der Waals surface area contributed by atoms with E-state index >= 15 is 0 Å². The Hall–Kier alpha value is -3.03. The van der Waals surface area contributed by atoms with Crippen molar-refractivity contribution in [3.05, 3.63) is 59.1 Å². The van der Waals surface area contributed by atoms with Crippen molar-refractivity contribution in [3.63, 3.8) is 0 Å². The third kappa shape index (κ3) is 5.15. The number of hydrogen-bond donors (Lipinski definition) is 3. The summed E-state index contributed by atoms with van der Waals surface area (Å²) >= 11 is 6.42. The van der Waals surface area contributed by atoms with Crippen molar-refractivity contribution in [2.45, 2.75) is 39.2 Å². The van der Waals surface area contributed by atoms with Crippen LogP contribution in [0.4, 0.5) is 0 Å². The molecule has 1 fully saturated rings. The van der Waals surface area contributed by atoms with Gasteiger partial charge in [0.15, 0.2) is 11.6 Å². The molecule has 0 aliphatic heterocycles. The molecule has 3 aromatic rings. The second-order valence-electron chi connectivity index (χ2n) is 8.77. The average Bonchev–Trinajstić information content (AvgIpc) is 2.84. The van der Waals surface area contributed by atoms with Crippen molar-refractivity contribution in [2.75, 3.05) is 6.61 Å². The lowest BCUT2D eigenvalue weighted by atomic mass is 9.70. The van der Waals surface area contributed by atoms with Gasteiger partial charge in [-0.1, -0.05) is 54.9 Å². The third-order valence-electron chi connectivity index (χ3n) is 6.40. The Labute approximate surface area is 197 Å². The van der Waals surface area contributed by atoms with Gasteiger partial charge in [-0.25, -0.2) is 4.98 Å². The van der Waals surface area contributed by atoms with E-state index in [1.807, 2.05) is 36.4 Å². The first-order chi connectivity index (χ1) is 15.9. The Kier molecular flexibility index (Phi) is 6.91. The van der Waals surface area contributed by atoms with E-state index < -0.39 is 11.4 Å². The first-order valence-corrected chi connectivity index (χ1v) is 11.5. The van der Waals surface area contributed by atoms with Crippen molar-refractivity contribution in [1.29, 1.82) is 0 Å². The largest absolute Gasteiger partial charge is 0.479 e. The van der Waals surface area contributed by atoms with Crippen molar-refractivity contribution in [1.82, 2.24) is 20.3 Å². The van der Waals surface area contributed by atoms with E-state index in [1.165, 1.54) is 0 Å². The number of rotatable bonds is 6. The normalized spacial score (nSPS) is 20.4.